The molecule has 5 nitrogen and oxygen atoms in total. The summed E-state index contributed by atoms with van der Waals surface area (Å²) in [6.07, 6.45) is 6.80. The van der Waals surface area contributed by atoms with Crippen LogP contribution in [-0.4, -0.2) is 33.6 Å². The molecule has 1 N–H and O–H groups in total. The zero-order valence-electron chi connectivity index (χ0n) is 19.4. The molecule has 1 aromatic carbocycles. The molecule has 5 heteroatoms. The van der Waals surface area contributed by atoms with Crippen LogP contribution in [0.3, 0.4) is 0 Å². The second-order valence-electron chi connectivity index (χ2n) is 10.2. The van der Waals surface area contributed by atoms with E-state index in [2.05, 4.69) is 50.0 Å². The van der Waals surface area contributed by atoms with Crippen LogP contribution >= 0.6 is 0 Å². The van der Waals surface area contributed by atoms with E-state index in [1.807, 2.05) is 37.3 Å². The quantitative estimate of drug-likeness (QED) is 0.611. The van der Waals surface area contributed by atoms with E-state index < -0.39 is 5.41 Å². The van der Waals surface area contributed by atoms with E-state index in [4.69, 9.17) is 4.84 Å². The number of fused-ring (bicyclic) bond motifs is 1. The SMILES string of the molecule is CCCC(C)(CON1C(C)(C)CCCC1(C)C)C(=O)Nc1cccc2cccnc12. The highest BCUT2D eigenvalue weighted by Gasteiger charge is 2.44. The second kappa shape index (κ2) is 8.64. The van der Waals surface area contributed by atoms with Crippen molar-refractivity contribution >= 4 is 22.5 Å². The molecule has 164 valence electrons. The van der Waals surface area contributed by atoms with Gasteiger partial charge in [0.2, 0.25) is 5.91 Å². The highest BCUT2D eigenvalue weighted by atomic mass is 16.7. The lowest BCUT2D eigenvalue weighted by Gasteiger charge is -2.52. The van der Waals surface area contributed by atoms with E-state index in [1.165, 1.54) is 6.42 Å². The zero-order valence-corrected chi connectivity index (χ0v) is 19.4. The minimum absolute atomic E-state index is 0.0184. The third kappa shape index (κ3) is 4.68. The molecule has 30 heavy (non-hydrogen) atoms. The van der Waals surface area contributed by atoms with Crippen LogP contribution in [0.25, 0.3) is 10.9 Å². The standard InChI is InChI=1S/C25H37N3O2/c1-7-14-25(6,18-30-28-23(2,3)15-10-16-24(28,4)5)22(29)27-20-13-8-11-19-12-9-17-26-21(19)20/h8-9,11-13,17H,7,10,14-16,18H2,1-6H3,(H,27,29). The van der Waals surface area contributed by atoms with Gasteiger partial charge in [0.05, 0.1) is 23.2 Å². The molecule has 1 aliphatic heterocycles. The summed E-state index contributed by atoms with van der Waals surface area (Å²) in [5, 5.41) is 6.30. The maximum Gasteiger partial charge on any atom is 0.232 e. The normalized spacial score (nSPS) is 20.6. The van der Waals surface area contributed by atoms with E-state index in [9.17, 15) is 4.79 Å². The monoisotopic (exact) mass is 411 g/mol. The molecule has 1 saturated heterocycles. The molecule has 3 rings (SSSR count). The number of para-hydroxylation sites is 1. The second-order valence-corrected chi connectivity index (χ2v) is 10.2. The number of hydrogen-bond donors (Lipinski definition) is 1. The molecule has 1 aliphatic rings. The van der Waals surface area contributed by atoms with Gasteiger partial charge in [0, 0.05) is 22.7 Å². The van der Waals surface area contributed by atoms with Crippen molar-refractivity contribution in [3.05, 3.63) is 36.5 Å². The number of nitrogens with zero attached hydrogens (tertiary/aromatic N) is 2. The van der Waals surface area contributed by atoms with E-state index >= 15 is 0 Å². The number of carbonyl (C=O) groups excluding carboxylic acids is 1. The van der Waals surface area contributed by atoms with Crippen molar-refractivity contribution in [2.45, 2.75) is 84.7 Å². The van der Waals surface area contributed by atoms with Crippen LogP contribution in [0.4, 0.5) is 5.69 Å². The first-order chi connectivity index (χ1) is 14.1. The summed E-state index contributed by atoms with van der Waals surface area (Å²) in [7, 11) is 0. The van der Waals surface area contributed by atoms with Gasteiger partial charge in [-0.25, -0.2) is 0 Å². The molecule has 0 saturated carbocycles. The van der Waals surface area contributed by atoms with Crippen molar-refractivity contribution in [1.82, 2.24) is 10.0 Å². The Balaban J connectivity index is 1.80. The Labute approximate surface area is 181 Å². The van der Waals surface area contributed by atoms with Crippen LogP contribution in [0.5, 0.6) is 0 Å². The third-order valence-corrected chi connectivity index (χ3v) is 6.42. The first-order valence-electron chi connectivity index (χ1n) is 11.2. The van der Waals surface area contributed by atoms with Gasteiger partial charge in [-0.3, -0.25) is 14.6 Å². The Kier molecular flexibility index (Phi) is 6.54. The van der Waals surface area contributed by atoms with Gasteiger partial charge in [-0.1, -0.05) is 31.5 Å². The number of aromatic nitrogens is 1. The first-order valence-corrected chi connectivity index (χ1v) is 11.2. The van der Waals surface area contributed by atoms with Gasteiger partial charge in [0.1, 0.15) is 0 Å². The molecule has 0 spiro atoms. The number of amides is 1. The van der Waals surface area contributed by atoms with E-state index in [0.717, 1.165) is 42.3 Å². The van der Waals surface area contributed by atoms with E-state index in [1.54, 1.807) is 6.20 Å². The molecule has 2 heterocycles. The molecule has 1 atom stereocenters. The number of nitrogens with one attached hydrogen (secondary N) is 1. The van der Waals surface area contributed by atoms with Gasteiger partial charge < -0.3 is 5.32 Å². The van der Waals surface area contributed by atoms with Crippen LogP contribution < -0.4 is 5.32 Å². The van der Waals surface area contributed by atoms with E-state index in [-0.39, 0.29) is 17.0 Å². The minimum Gasteiger partial charge on any atom is -0.324 e. The number of pyridine rings is 1. The summed E-state index contributed by atoms with van der Waals surface area (Å²) in [4.78, 5) is 24.3. The zero-order chi connectivity index (χ0) is 22.0. The van der Waals surface area contributed by atoms with Crippen molar-refractivity contribution in [3.8, 4) is 0 Å². The Hall–Kier alpha value is -1.98. The fourth-order valence-corrected chi connectivity index (χ4v) is 4.81. The summed E-state index contributed by atoms with van der Waals surface area (Å²) in [6.45, 7) is 13.4. The number of hydroxylamine groups is 2. The van der Waals surface area contributed by atoms with Gasteiger partial charge in [0.15, 0.2) is 0 Å². The summed E-state index contributed by atoms with van der Waals surface area (Å²) >= 11 is 0. The molecular formula is C25H37N3O2. The number of anilines is 1. The number of rotatable bonds is 7. The topological polar surface area (TPSA) is 54.5 Å². The largest absolute Gasteiger partial charge is 0.324 e. The van der Waals surface area contributed by atoms with Gasteiger partial charge in [0.25, 0.3) is 0 Å². The Morgan fingerprint density at radius 3 is 2.50 bits per heavy atom. The van der Waals surface area contributed by atoms with Crippen LogP contribution in [-0.2, 0) is 9.63 Å². The summed E-state index contributed by atoms with van der Waals surface area (Å²) in [5.74, 6) is -0.0184. The fraction of sp³-hybridized carbons (Fsp3) is 0.600. The highest BCUT2D eigenvalue weighted by molar-refractivity contribution is 6.02. The molecule has 2 aromatic rings. The number of benzene rings is 1. The smallest absolute Gasteiger partial charge is 0.232 e. The molecular weight excluding hydrogens is 374 g/mol. The molecule has 0 radical (unpaired) electrons. The molecule has 1 fully saturated rings. The number of carbonyl (C=O) groups is 1. The van der Waals surface area contributed by atoms with E-state index in [0.29, 0.717) is 6.61 Å². The first kappa shape index (κ1) is 22.7. The summed E-state index contributed by atoms with van der Waals surface area (Å²) in [6, 6.07) is 9.79. The molecule has 1 unspecified atom stereocenters. The van der Waals surface area contributed by atoms with Crippen molar-refractivity contribution in [2.75, 3.05) is 11.9 Å². The molecule has 1 amide bonds. The number of piperidine rings is 1. The molecule has 1 aromatic heterocycles. The lowest BCUT2D eigenvalue weighted by molar-refractivity contribution is -0.290. The Morgan fingerprint density at radius 1 is 1.17 bits per heavy atom. The average Bonchev–Trinajstić information content (AvgIpc) is 2.67. The molecule has 0 aliphatic carbocycles. The number of hydrogen-bond acceptors (Lipinski definition) is 4. The van der Waals surface area contributed by atoms with Crippen molar-refractivity contribution in [1.29, 1.82) is 0 Å². The van der Waals surface area contributed by atoms with Gasteiger partial charge in [-0.15, -0.1) is 0 Å². The van der Waals surface area contributed by atoms with Crippen LogP contribution in [0.1, 0.15) is 73.6 Å². The molecule has 0 bridgehead atoms. The maximum atomic E-state index is 13.4. The summed E-state index contributed by atoms with van der Waals surface area (Å²) in [5.41, 5.74) is 0.830. The van der Waals surface area contributed by atoms with Crippen LogP contribution in [0.2, 0.25) is 0 Å². The maximum absolute atomic E-state index is 13.4. The third-order valence-electron chi connectivity index (χ3n) is 6.42. The minimum atomic E-state index is -0.630. The highest BCUT2D eigenvalue weighted by Crippen LogP contribution is 2.39. The fourth-order valence-electron chi connectivity index (χ4n) is 4.81. The van der Waals surface area contributed by atoms with Gasteiger partial charge in [-0.05, 0) is 72.4 Å². The predicted molar refractivity (Wildman–Crippen MR) is 123 cm³/mol. The van der Waals surface area contributed by atoms with Gasteiger partial charge in [-0.2, -0.15) is 5.06 Å². The van der Waals surface area contributed by atoms with Crippen molar-refractivity contribution < 1.29 is 9.63 Å². The Bertz CT molecular complexity index is 872. The van der Waals surface area contributed by atoms with Crippen LogP contribution in [0, 0.1) is 5.41 Å². The lowest BCUT2D eigenvalue weighted by Crippen LogP contribution is -2.59. The Morgan fingerprint density at radius 2 is 1.83 bits per heavy atom. The average molecular weight is 412 g/mol. The van der Waals surface area contributed by atoms with Gasteiger partial charge >= 0.3 is 0 Å². The van der Waals surface area contributed by atoms with Crippen molar-refractivity contribution in [3.63, 3.8) is 0 Å². The predicted octanol–water partition coefficient (Wildman–Crippen LogP) is 5.95. The lowest BCUT2D eigenvalue weighted by atomic mass is 9.82. The summed E-state index contributed by atoms with van der Waals surface area (Å²) < 4.78 is 0. The van der Waals surface area contributed by atoms with Crippen LogP contribution in [0.15, 0.2) is 36.5 Å². The van der Waals surface area contributed by atoms with Crippen molar-refractivity contribution in [2.24, 2.45) is 5.41 Å².